The second-order valence-electron chi connectivity index (χ2n) is 7.10. The van der Waals surface area contributed by atoms with Gasteiger partial charge in [0.15, 0.2) is 0 Å². The molecule has 1 aliphatic heterocycles. The number of benzene rings is 1. The topological polar surface area (TPSA) is 114 Å². The quantitative estimate of drug-likeness (QED) is 0.579. The first-order valence-electron chi connectivity index (χ1n) is 9.94. The van der Waals surface area contributed by atoms with Crippen LogP contribution < -0.4 is 10.6 Å². The number of halogens is 1. The highest BCUT2D eigenvalue weighted by atomic mass is 35.5. The van der Waals surface area contributed by atoms with Crippen molar-refractivity contribution in [1.29, 1.82) is 0 Å². The van der Waals surface area contributed by atoms with Crippen LogP contribution in [0.5, 0.6) is 0 Å². The van der Waals surface area contributed by atoms with Crippen LogP contribution in [0.4, 0.5) is 5.69 Å². The van der Waals surface area contributed by atoms with Gasteiger partial charge in [-0.05, 0) is 37.5 Å². The average molecular weight is 466 g/mol. The fraction of sp³-hybridized carbons (Fsp3) is 0.450. The number of amides is 3. The summed E-state index contributed by atoms with van der Waals surface area (Å²) in [4.78, 5) is 39.2. The van der Waals surface area contributed by atoms with Crippen LogP contribution in [0, 0.1) is 5.92 Å². The highest BCUT2D eigenvalue weighted by Crippen LogP contribution is 2.21. The van der Waals surface area contributed by atoms with Crippen molar-refractivity contribution in [3.05, 3.63) is 39.3 Å². The lowest BCUT2D eigenvalue weighted by molar-refractivity contribution is -0.126. The largest absolute Gasteiger partial charge is 0.385 e. The van der Waals surface area contributed by atoms with Gasteiger partial charge in [0.2, 0.25) is 15.9 Å². The van der Waals surface area contributed by atoms with E-state index in [2.05, 4.69) is 20.8 Å². The molecule has 9 nitrogen and oxygen atoms in total. The molecule has 1 aliphatic rings. The highest BCUT2D eigenvalue weighted by molar-refractivity contribution is 7.15. The summed E-state index contributed by atoms with van der Waals surface area (Å²) in [6, 6.07) is 6.73. The minimum Gasteiger partial charge on any atom is -0.385 e. The van der Waals surface area contributed by atoms with Gasteiger partial charge in [-0.1, -0.05) is 29.0 Å². The minimum atomic E-state index is -0.467. The molecule has 31 heavy (non-hydrogen) atoms. The molecule has 0 saturated carbocycles. The van der Waals surface area contributed by atoms with Crippen LogP contribution >= 0.6 is 22.9 Å². The van der Waals surface area contributed by atoms with Gasteiger partial charge in [-0.15, -0.1) is 10.2 Å². The number of carbonyl (C=O) groups excluding carboxylic acids is 3. The van der Waals surface area contributed by atoms with Gasteiger partial charge >= 0.3 is 0 Å². The maximum absolute atomic E-state index is 12.8. The fourth-order valence-electron chi connectivity index (χ4n) is 3.24. The lowest BCUT2D eigenvalue weighted by atomic mass is 9.97. The zero-order valence-electron chi connectivity index (χ0n) is 17.1. The Bertz CT molecular complexity index is 938. The predicted octanol–water partition coefficient (Wildman–Crippen LogP) is 2.45. The predicted molar refractivity (Wildman–Crippen MR) is 117 cm³/mol. The molecule has 0 bridgehead atoms. The Kier molecular flexibility index (Phi) is 8.33. The monoisotopic (exact) mass is 465 g/mol. The molecule has 0 unspecified atom stereocenters. The molecule has 0 aliphatic carbocycles. The Morgan fingerprint density at radius 1 is 1.29 bits per heavy atom. The molecule has 0 radical (unpaired) electrons. The molecule has 2 N–H and O–H groups in total. The van der Waals surface area contributed by atoms with Crippen molar-refractivity contribution in [1.82, 2.24) is 20.4 Å². The second-order valence-corrected chi connectivity index (χ2v) is 8.52. The van der Waals surface area contributed by atoms with Gasteiger partial charge < -0.3 is 20.3 Å². The third-order valence-corrected chi connectivity index (χ3v) is 5.93. The lowest BCUT2D eigenvalue weighted by Crippen LogP contribution is -2.45. The standard InChI is InChI=1S/C20H24ClN5O4S/c1-30-10-4-8-22-16(27)13-5-3-9-26(12-13)20(29)19-25-24-18(31-19)17(28)23-15-7-2-6-14(21)11-15/h2,6-7,11,13H,3-5,8-10,12H2,1H3,(H,22,27)(H,23,28)/t13-/m0/s1. The van der Waals surface area contributed by atoms with E-state index in [-0.39, 0.29) is 27.7 Å². The number of hydrogen-bond donors (Lipinski definition) is 2. The molecular formula is C20H24ClN5O4S. The Morgan fingerprint density at radius 3 is 2.87 bits per heavy atom. The first-order valence-corrected chi connectivity index (χ1v) is 11.1. The zero-order valence-corrected chi connectivity index (χ0v) is 18.7. The molecule has 11 heteroatoms. The third-order valence-electron chi connectivity index (χ3n) is 4.79. The average Bonchev–Trinajstić information content (AvgIpc) is 3.27. The van der Waals surface area contributed by atoms with Crippen molar-refractivity contribution in [3.8, 4) is 0 Å². The summed E-state index contributed by atoms with van der Waals surface area (Å²) in [7, 11) is 1.62. The van der Waals surface area contributed by atoms with E-state index in [9.17, 15) is 14.4 Å². The van der Waals surface area contributed by atoms with Crippen molar-refractivity contribution < 1.29 is 19.1 Å². The van der Waals surface area contributed by atoms with E-state index in [1.165, 1.54) is 0 Å². The number of rotatable bonds is 8. The summed E-state index contributed by atoms with van der Waals surface area (Å²) in [5, 5.41) is 14.0. The molecule has 2 heterocycles. The number of likely N-dealkylation sites (tertiary alicyclic amines) is 1. The van der Waals surface area contributed by atoms with Gasteiger partial charge in [-0.2, -0.15) is 0 Å². The van der Waals surface area contributed by atoms with E-state index in [0.717, 1.165) is 30.6 Å². The highest BCUT2D eigenvalue weighted by Gasteiger charge is 2.30. The summed E-state index contributed by atoms with van der Waals surface area (Å²) in [6.45, 7) is 1.98. The van der Waals surface area contributed by atoms with Gasteiger partial charge in [0.05, 0.1) is 5.92 Å². The first kappa shape index (κ1) is 23.1. The molecule has 1 fully saturated rings. The number of nitrogens with one attached hydrogen (secondary N) is 2. The fourth-order valence-corrected chi connectivity index (χ4v) is 4.13. The molecule has 3 rings (SSSR count). The Morgan fingerprint density at radius 2 is 2.10 bits per heavy atom. The van der Waals surface area contributed by atoms with E-state index in [4.69, 9.17) is 16.3 Å². The van der Waals surface area contributed by atoms with Gasteiger partial charge in [0.1, 0.15) is 0 Å². The Balaban J connectivity index is 1.57. The van der Waals surface area contributed by atoms with E-state index in [0.29, 0.717) is 37.0 Å². The lowest BCUT2D eigenvalue weighted by Gasteiger charge is -2.31. The van der Waals surface area contributed by atoms with E-state index in [1.54, 1.807) is 36.3 Å². The van der Waals surface area contributed by atoms with E-state index >= 15 is 0 Å². The Labute approximate surface area is 189 Å². The summed E-state index contributed by atoms with van der Waals surface area (Å²) >= 11 is 6.84. The van der Waals surface area contributed by atoms with Gasteiger partial charge in [-0.3, -0.25) is 14.4 Å². The molecular weight excluding hydrogens is 442 g/mol. The van der Waals surface area contributed by atoms with Crippen molar-refractivity contribution in [3.63, 3.8) is 0 Å². The Hall–Kier alpha value is -2.56. The van der Waals surface area contributed by atoms with Crippen LogP contribution in [-0.2, 0) is 9.53 Å². The van der Waals surface area contributed by atoms with Gasteiger partial charge in [-0.25, -0.2) is 0 Å². The van der Waals surface area contributed by atoms with Crippen LogP contribution in [0.2, 0.25) is 5.02 Å². The minimum absolute atomic E-state index is 0.0625. The van der Waals surface area contributed by atoms with E-state index in [1.807, 2.05) is 0 Å². The number of nitrogens with zero attached hydrogens (tertiary/aromatic N) is 3. The van der Waals surface area contributed by atoms with Crippen LogP contribution in [0.15, 0.2) is 24.3 Å². The number of methoxy groups -OCH3 is 1. The number of ether oxygens (including phenoxy) is 1. The molecule has 1 saturated heterocycles. The zero-order chi connectivity index (χ0) is 22.2. The maximum Gasteiger partial charge on any atom is 0.286 e. The number of aromatic nitrogens is 2. The summed E-state index contributed by atoms with van der Waals surface area (Å²) in [6.07, 6.45) is 2.19. The van der Waals surface area contributed by atoms with Crippen molar-refractivity contribution in [2.75, 3.05) is 38.7 Å². The van der Waals surface area contributed by atoms with Gasteiger partial charge in [0.25, 0.3) is 11.8 Å². The molecule has 3 amide bonds. The smallest absolute Gasteiger partial charge is 0.286 e. The SMILES string of the molecule is COCCCNC(=O)[C@H]1CCCN(C(=O)c2nnc(C(=O)Nc3cccc(Cl)c3)s2)C1. The third kappa shape index (κ3) is 6.46. The van der Waals surface area contributed by atoms with Crippen LogP contribution in [0.3, 0.4) is 0 Å². The summed E-state index contributed by atoms with van der Waals surface area (Å²) < 4.78 is 4.97. The molecule has 1 aromatic carbocycles. The normalized spacial score (nSPS) is 16.1. The number of carbonyl (C=O) groups is 3. The molecule has 1 aromatic heterocycles. The number of piperidine rings is 1. The molecule has 1 atom stereocenters. The molecule has 2 aromatic rings. The van der Waals surface area contributed by atoms with Crippen LogP contribution in [0.1, 0.15) is 38.9 Å². The number of hydrogen-bond acceptors (Lipinski definition) is 7. The maximum atomic E-state index is 12.8. The number of anilines is 1. The summed E-state index contributed by atoms with van der Waals surface area (Å²) in [5.41, 5.74) is 0.524. The van der Waals surface area contributed by atoms with Crippen LogP contribution in [-0.4, -0.2) is 66.2 Å². The first-order chi connectivity index (χ1) is 15.0. The summed E-state index contributed by atoms with van der Waals surface area (Å²) in [5.74, 6) is -1.12. The van der Waals surface area contributed by atoms with Crippen molar-refractivity contribution in [2.45, 2.75) is 19.3 Å². The molecule has 166 valence electrons. The molecule has 0 spiro atoms. The van der Waals surface area contributed by atoms with Crippen molar-refractivity contribution in [2.24, 2.45) is 5.92 Å². The van der Waals surface area contributed by atoms with E-state index < -0.39 is 5.91 Å². The van der Waals surface area contributed by atoms with Crippen LogP contribution in [0.25, 0.3) is 0 Å². The second kappa shape index (κ2) is 11.2. The van der Waals surface area contributed by atoms with Gasteiger partial charge in [0, 0.05) is 44.1 Å². The van der Waals surface area contributed by atoms with Crippen molar-refractivity contribution >= 4 is 46.3 Å².